The predicted molar refractivity (Wildman–Crippen MR) is 136 cm³/mol. The van der Waals surface area contributed by atoms with Gasteiger partial charge in [0.25, 0.3) is 0 Å². The minimum atomic E-state index is -1.09. The molecule has 1 aliphatic carbocycles. The van der Waals surface area contributed by atoms with E-state index >= 15 is 0 Å². The Hall–Kier alpha value is -2.61. The molecule has 7 heteroatoms. The van der Waals surface area contributed by atoms with E-state index in [1.165, 1.54) is 0 Å². The molecule has 0 saturated heterocycles. The Morgan fingerprint density at radius 2 is 1.61 bits per heavy atom. The number of nitrogens with two attached hydrogens (primary N) is 1. The van der Waals surface area contributed by atoms with Crippen LogP contribution in [0.5, 0.6) is 5.75 Å². The molecule has 5 nitrogen and oxygen atoms in total. The van der Waals surface area contributed by atoms with E-state index in [2.05, 4.69) is 26.0 Å². The predicted octanol–water partition coefficient (Wildman–Crippen LogP) is 5.69. The van der Waals surface area contributed by atoms with Crippen molar-refractivity contribution in [2.75, 3.05) is 11.5 Å². The van der Waals surface area contributed by atoms with E-state index < -0.39 is 15.0 Å². The second-order valence-electron chi connectivity index (χ2n) is 8.39. The minimum Gasteiger partial charge on any atom is -0.489 e. The maximum atomic E-state index is 10.5. The van der Waals surface area contributed by atoms with Gasteiger partial charge in [-0.1, -0.05) is 56.3 Å². The number of fused-ring (bicyclic) bond motifs is 1. The van der Waals surface area contributed by atoms with Crippen molar-refractivity contribution in [1.29, 1.82) is 10.5 Å². The maximum Gasteiger partial charge on any atom is 0.175 e. The Morgan fingerprint density at radius 3 is 2.15 bits per heavy atom. The fraction of sp³-hybridized carbons (Fsp3) is 0.423. The third kappa shape index (κ3) is 3.50. The van der Waals surface area contributed by atoms with Gasteiger partial charge in [0.15, 0.2) is 4.20 Å². The number of thioether (sulfide) groups is 2. The Kier molecular flexibility index (Phi) is 6.66. The third-order valence-corrected chi connectivity index (χ3v) is 9.93. The van der Waals surface area contributed by atoms with Crippen molar-refractivity contribution in [2.45, 2.75) is 43.4 Å². The first-order chi connectivity index (χ1) is 16.0. The molecular weight excluding hydrogens is 448 g/mol. The zero-order chi connectivity index (χ0) is 23.5. The molecule has 1 saturated carbocycles. The summed E-state index contributed by atoms with van der Waals surface area (Å²) >= 11 is 3.33. The van der Waals surface area contributed by atoms with Crippen LogP contribution in [0.4, 0.5) is 0 Å². The summed E-state index contributed by atoms with van der Waals surface area (Å²) in [6, 6.07) is 22.8. The molecule has 2 aromatic carbocycles. The third-order valence-electron chi connectivity index (χ3n) is 6.39. The van der Waals surface area contributed by atoms with Gasteiger partial charge in [0, 0.05) is 5.92 Å². The summed E-state index contributed by atoms with van der Waals surface area (Å²) in [5.41, 5.74) is 6.40. The van der Waals surface area contributed by atoms with E-state index in [9.17, 15) is 10.5 Å². The van der Waals surface area contributed by atoms with Gasteiger partial charge in [-0.3, -0.25) is 0 Å². The van der Waals surface area contributed by atoms with Gasteiger partial charge < -0.3 is 10.5 Å². The number of benzene rings is 2. The van der Waals surface area contributed by atoms with Gasteiger partial charge in [0.2, 0.25) is 0 Å². The Morgan fingerprint density at radius 1 is 0.970 bits per heavy atom. The van der Waals surface area contributed by atoms with E-state index in [1.807, 2.05) is 54.6 Å². The maximum absolute atomic E-state index is 10.5. The van der Waals surface area contributed by atoms with E-state index in [0.29, 0.717) is 12.4 Å². The molecular formula is C26H28N4OS2. The number of ether oxygens (including phenoxy) is 1. The van der Waals surface area contributed by atoms with Crippen molar-refractivity contribution in [1.82, 2.24) is 0 Å². The molecule has 170 valence electrons. The number of nitrogens with zero attached hydrogens (tertiary/aromatic N) is 3. The van der Waals surface area contributed by atoms with Crippen molar-refractivity contribution in [3.05, 3.63) is 65.7 Å². The molecule has 0 bridgehead atoms. The zero-order valence-electron chi connectivity index (χ0n) is 19.0. The fourth-order valence-corrected chi connectivity index (χ4v) is 8.06. The molecule has 3 atom stereocenters. The van der Waals surface area contributed by atoms with Gasteiger partial charge in [0.05, 0.1) is 12.1 Å². The number of aliphatic imine (C=N–C) groups is 1. The van der Waals surface area contributed by atoms with Crippen molar-refractivity contribution in [2.24, 2.45) is 21.6 Å². The smallest absolute Gasteiger partial charge is 0.175 e. The first-order valence-corrected chi connectivity index (χ1v) is 13.2. The van der Waals surface area contributed by atoms with Crippen LogP contribution in [0.15, 0.2) is 59.6 Å². The highest BCUT2D eigenvalue weighted by molar-refractivity contribution is 8.18. The van der Waals surface area contributed by atoms with Crippen LogP contribution in [0.2, 0.25) is 0 Å². The van der Waals surface area contributed by atoms with Crippen molar-refractivity contribution in [3.63, 3.8) is 0 Å². The second kappa shape index (κ2) is 9.33. The molecule has 1 heterocycles. The number of hydrogen-bond donors (Lipinski definition) is 1. The average Bonchev–Trinajstić information content (AvgIpc) is 3.44. The average molecular weight is 477 g/mol. The first-order valence-electron chi connectivity index (χ1n) is 11.3. The van der Waals surface area contributed by atoms with Crippen LogP contribution in [0.1, 0.15) is 43.7 Å². The summed E-state index contributed by atoms with van der Waals surface area (Å²) in [4.78, 5) is 4.82. The number of nitriles is 2. The summed E-state index contributed by atoms with van der Waals surface area (Å²) in [7, 11) is 0. The van der Waals surface area contributed by atoms with Gasteiger partial charge in [0.1, 0.15) is 29.0 Å². The molecule has 2 aliphatic rings. The first kappa shape index (κ1) is 23.5. The molecule has 0 amide bonds. The zero-order valence-corrected chi connectivity index (χ0v) is 20.6. The van der Waals surface area contributed by atoms with Gasteiger partial charge in [-0.2, -0.15) is 10.5 Å². The Labute approximate surface area is 204 Å². The summed E-state index contributed by atoms with van der Waals surface area (Å²) in [6.45, 7) is 4.71. The topological polar surface area (TPSA) is 95.2 Å². The van der Waals surface area contributed by atoms with Crippen molar-refractivity contribution >= 4 is 29.4 Å². The van der Waals surface area contributed by atoms with Gasteiger partial charge in [-0.15, -0.1) is 23.5 Å². The lowest BCUT2D eigenvalue weighted by Gasteiger charge is -2.32. The molecule has 0 aromatic heterocycles. The van der Waals surface area contributed by atoms with Crippen LogP contribution >= 0.6 is 23.5 Å². The van der Waals surface area contributed by atoms with E-state index in [4.69, 9.17) is 15.5 Å². The highest BCUT2D eigenvalue weighted by Gasteiger charge is 2.91. The van der Waals surface area contributed by atoms with E-state index in [-0.39, 0.29) is 5.92 Å². The molecule has 1 aliphatic heterocycles. The van der Waals surface area contributed by atoms with E-state index in [1.54, 1.807) is 23.5 Å². The summed E-state index contributed by atoms with van der Waals surface area (Å²) in [5.74, 6) is 2.45. The molecule has 2 aromatic rings. The monoisotopic (exact) mass is 476 g/mol. The van der Waals surface area contributed by atoms with E-state index in [0.717, 1.165) is 41.2 Å². The summed E-state index contributed by atoms with van der Waals surface area (Å²) in [6.07, 6.45) is 1.93. The molecule has 2 N–H and O–H groups in total. The second-order valence-corrected chi connectivity index (χ2v) is 11.2. The van der Waals surface area contributed by atoms with Gasteiger partial charge >= 0.3 is 0 Å². The van der Waals surface area contributed by atoms with Crippen LogP contribution in [0.3, 0.4) is 0 Å². The minimum absolute atomic E-state index is 0.299. The summed E-state index contributed by atoms with van der Waals surface area (Å²) < 4.78 is 5.16. The molecule has 1 fully saturated rings. The lowest BCUT2D eigenvalue weighted by molar-refractivity contribution is 0.306. The van der Waals surface area contributed by atoms with Crippen LogP contribution in [-0.4, -0.2) is 21.5 Å². The Bertz CT molecular complexity index is 1100. The molecule has 3 unspecified atom stereocenters. The summed E-state index contributed by atoms with van der Waals surface area (Å²) in [5, 5.41) is 20.8. The Balaban J connectivity index is 1.64. The molecule has 33 heavy (non-hydrogen) atoms. The SMILES string of the molecule is CCCSC1(SCCC)N=C(N)C2(C#N)C(c3ccc(OCc4ccccc4)cc3)C12C#N. The normalized spacial score (nSPS) is 26.5. The number of rotatable bonds is 10. The molecule has 4 rings (SSSR count). The fourth-order valence-electron chi connectivity index (χ4n) is 4.84. The van der Waals surface area contributed by atoms with Crippen LogP contribution < -0.4 is 10.5 Å². The standard InChI is InChI=1S/C26H28N4OS2/c1-3-14-32-26(33-15-4-2)25(18-28)22(24(25,17-27)23(29)30-26)20-10-12-21(13-11-20)31-16-19-8-6-5-7-9-19/h5-13,22H,3-4,14-16H2,1-2H3,(H2,29,30). The van der Waals surface area contributed by atoms with Gasteiger partial charge in [-0.05, 0) is 47.6 Å². The number of amidine groups is 1. The molecule has 0 spiro atoms. The van der Waals surface area contributed by atoms with Crippen molar-refractivity contribution < 1.29 is 4.74 Å². The highest BCUT2D eigenvalue weighted by Crippen LogP contribution is 2.85. The van der Waals surface area contributed by atoms with Crippen LogP contribution in [0.25, 0.3) is 0 Å². The number of hydrogen-bond acceptors (Lipinski definition) is 7. The lowest BCUT2D eigenvalue weighted by Crippen LogP contribution is -2.32. The van der Waals surface area contributed by atoms with Crippen molar-refractivity contribution in [3.8, 4) is 17.9 Å². The van der Waals surface area contributed by atoms with Gasteiger partial charge in [-0.25, -0.2) is 4.99 Å². The highest BCUT2D eigenvalue weighted by atomic mass is 32.2. The largest absolute Gasteiger partial charge is 0.489 e. The lowest BCUT2D eigenvalue weighted by atomic mass is 9.97. The van der Waals surface area contributed by atoms with Crippen LogP contribution in [0, 0.1) is 33.5 Å². The van der Waals surface area contributed by atoms with Crippen LogP contribution in [-0.2, 0) is 6.61 Å². The molecule has 0 radical (unpaired) electrons. The quantitative estimate of drug-likeness (QED) is 0.442.